The van der Waals surface area contributed by atoms with E-state index in [9.17, 15) is 19.1 Å². The summed E-state index contributed by atoms with van der Waals surface area (Å²) in [4.78, 5) is 33.7. The molecule has 2 aromatic carbocycles. The highest BCUT2D eigenvalue weighted by Gasteiger charge is 2.50. The van der Waals surface area contributed by atoms with E-state index < -0.39 is 35.8 Å². The summed E-state index contributed by atoms with van der Waals surface area (Å²) < 4.78 is 18.8. The second kappa shape index (κ2) is 10.8. The van der Waals surface area contributed by atoms with Crippen molar-refractivity contribution in [1.29, 1.82) is 0 Å². The number of ether oxygens (including phenoxy) is 1. The van der Waals surface area contributed by atoms with E-state index in [1.54, 1.807) is 11.0 Å². The van der Waals surface area contributed by atoms with E-state index in [2.05, 4.69) is 0 Å². The van der Waals surface area contributed by atoms with Gasteiger partial charge in [-0.2, -0.15) is 0 Å². The lowest BCUT2D eigenvalue weighted by atomic mass is 9.91. The van der Waals surface area contributed by atoms with Gasteiger partial charge in [-0.1, -0.05) is 56.3 Å². The van der Waals surface area contributed by atoms with Gasteiger partial charge in [0, 0.05) is 13.7 Å². The predicted molar refractivity (Wildman–Crippen MR) is 115 cm³/mol. The Labute approximate surface area is 187 Å². The van der Waals surface area contributed by atoms with Gasteiger partial charge in [-0.05, 0) is 35.6 Å². The number of piperazine rings is 1. The Morgan fingerprint density at radius 3 is 2.41 bits per heavy atom. The lowest BCUT2D eigenvalue weighted by Gasteiger charge is -2.45. The zero-order chi connectivity index (χ0) is 23.3. The number of carbonyl (C=O) groups excluding carboxylic acids is 2. The third-order valence-electron chi connectivity index (χ3n) is 5.39. The number of benzene rings is 2. The number of aliphatic hydroxyl groups is 1. The zero-order valence-electron chi connectivity index (χ0n) is 18.5. The average molecular weight is 445 g/mol. The smallest absolute Gasteiger partial charge is 0.274 e. The lowest BCUT2D eigenvalue weighted by molar-refractivity contribution is -0.238. The van der Waals surface area contributed by atoms with Crippen LogP contribution < -0.4 is 0 Å². The van der Waals surface area contributed by atoms with Crippen molar-refractivity contribution in [3.05, 3.63) is 71.5 Å². The number of rotatable bonds is 9. The summed E-state index contributed by atoms with van der Waals surface area (Å²) in [7, 11) is 1.38. The maximum atomic E-state index is 13.9. The second-order valence-corrected chi connectivity index (χ2v) is 8.25. The van der Waals surface area contributed by atoms with Crippen LogP contribution in [-0.4, -0.2) is 52.9 Å². The van der Waals surface area contributed by atoms with Crippen LogP contribution in [0.2, 0.25) is 0 Å². The Balaban J connectivity index is 2.06. The summed E-state index contributed by atoms with van der Waals surface area (Å²) in [5, 5.41) is 11.9. The summed E-state index contributed by atoms with van der Waals surface area (Å²) in [5.74, 6) is -1.63. The summed E-state index contributed by atoms with van der Waals surface area (Å²) >= 11 is 0. The molecule has 0 spiro atoms. The number of imide groups is 1. The normalized spacial score (nSPS) is 20.8. The van der Waals surface area contributed by atoms with Crippen molar-refractivity contribution in [2.45, 2.75) is 45.0 Å². The summed E-state index contributed by atoms with van der Waals surface area (Å²) in [6.45, 7) is 3.91. The van der Waals surface area contributed by atoms with Crippen molar-refractivity contribution < 1.29 is 28.7 Å². The molecule has 8 heteroatoms. The van der Waals surface area contributed by atoms with Crippen LogP contribution in [0.4, 0.5) is 4.39 Å². The fourth-order valence-electron chi connectivity index (χ4n) is 3.95. The molecule has 0 aliphatic carbocycles. The van der Waals surface area contributed by atoms with Crippen LogP contribution in [0.5, 0.6) is 0 Å². The van der Waals surface area contributed by atoms with Crippen molar-refractivity contribution in [3.8, 4) is 0 Å². The van der Waals surface area contributed by atoms with Crippen LogP contribution >= 0.6 is 0 Å². The van der Waals surface area contributed by atoms with E-state index in [0.29, 0.717) is 11.5 Å². The van der Waals surface area contributed by atoms with Gasteiger partial charge in [-0.3, -0.25) is 14.5 Å². The number of hydroxylamine groups is 2. The van der Waals surface area contributed by atoms with E-state index in [0.717, 1.165) is 5.56 Å². The van der Waals surface area contributed by atoms with Crippen molar-refractivity contribution in [2.24, 2.45) is 5.92 Å². The van der Waals surface area contributed by atoms with Gasteiger partial charge < -0.3 is 9.84 Å². The van der Waals surface area contributed by atoms with Crippen LogP contribution in [-0.2, 0) is 25.7 Å². The molecule has 1 aliphatic rings. The van der Waals surface area contributed by atoms with Gasteiger partial charge in [0.2, 0.25) is 0 Å². The number of hydrogen-bond donors (Lipinski definition) is 1. The molecule has 0 radical (unpaired) electrons. The SMILES string of the molecule is COCON1C(=O)[C@H]([C@H](O)c2cccc(F)c2)N(Cc2ccccc2)[C@@H](CC(C)C)C1=O. The number of aliphatic hydroxyl groups excluding tert-OH is 1. The first kappa shape index (κ1) is 24.0. The van der Waals surface area contributed by atoms with Gasteiger partial charge >= 0.3 is 0 Å². The fraction of sp³-hybridized carbons (Fsp3) is 0.417. The Morgan fingerprint density at radius 2 is 1.78 bits per heavy atom. The highest BCUT2D eigenvalue weighted by Crippen LogP contribution is 2.33. The molecule has 3 atom stereocenters. The molecule has 0 unspecified atom stereocenters. The molecule has 172 valence electrons. The molecule has 7 nitrogen and oxygen atoms in total. The van der Waals surface area contributed by atoms with Crippen LogP contribution in [0.3, 0.4) is 0 Å². The molecular weight excluding hydrogens is 415 g/mol. The third kappa shape index (κ3) is 5.39. The molecule has 1 saturated heterocycles. The molecule has 2 amide bonds. The number of methoxy groups -OCH3 is 1. The highest BCUT2D eigenvalue weighted by molar-refractivity contribution is 6.02. The fourth-order valence-corrected chi connectivity index (χ4v) is 3.95. The highest BCUT2D eigenvalue weighted by atomic mass is 19.1. The van der Waals surface area contributed by atoms with Crippen LogP contribution in [0.1, 0.15) is 37.5 Å². The van der Waals surface area contributed by atoms with E-state index in [-0.39, 0.29) is 24.8 Å². The second-order valence-electron chi connectivity index (χ2n) is 8.25. The number of halogens is 1. The number of hydrogen-bond acceptors (Lipinski definition) is 6. The largest absolute Gasteiger partial charge is 0.386 e. The van der Waals surface area contributed by atoms with E-state index in [1.807, 2.05) is 44.2 Å². The molecule has 1 fully saturated rings. The first-order valence-electron chi connectivity index (χ1n) is 10.6. The van der Waals surface area contributed by atoms with E-state index in [1.165, 1.54) is 25.3 Å². The molecule has 1 N–H and O–H groups in total. The third-order valence-corrected chi connectivity index (χ3v) is 5.39. The predicted octanol–water partition coefficient (Wildman–Crippen LogP) is 3.05. The van der Waals surface area contributed by atoms with Crippen LogP contribution in [0.25, 0.3) is 0 Å². The topological polar surface area (TPSA) is 79.3 Å². The molecule has 1 aliphatic heterocycles. The minimum absolute atomic E-state index is 0.131. The Morgan fingerprint density at radius 1 is 1.06 bits per heavy atom. The zero-order valence-corrected chi connectivity index (χ0v) is 18.5. The molecule has 0 bridgehead atoms. The average Bonchev–Trinajstić information content (AvgIpc) is 2.77. The minimum atomic E-state index is -1.38. The van der Waals surface area contributed by atoms with Gasteiger partial charge in [0.25, 0.3) is 11.8 Å². The number of amides is 2. The van der Waals surface area contributed by atoms with E-state index in [4.69, 9.17) is 9.57 Å². The van der Waals surface area contributed by atoms with Gasteiger partial charge in [-0.15, -0.1) is 5.06 Å². The number of carbonyl (C=O) groups is 2. The molecule has 32 heavy (non-hydrogen) atoms. The summed E-state index contributed by atoms with van der Waals surface area (Å²) in [6.07, 6.45) is -0.934. The summed E-state index contributed by atoms with van der Waals surface area (Å²) in [6, 6.07) is 13.0. The Bertz CT molecular complexity index is 924. The minimum Gasteiger partial charge on any atom is -0.386 e. The standard InChI is InChI=1S/C24H29FN2O5/c1-16(2)12-20-23(29)27(32-15-31-3)24(30)21(22(28)18-10-7-11-19(25)13-18)26(20)14-17-8-5-4-6-9-17/h4-11,13,16,20-22,28H,12,14-15H2,1-3H3/t20-,21-,22+/m0/s1. The number of nitrogens with zero attached hydrogens (tertiary/aromatic N) is 2. The van der Waals surface area contributed by atoms with Crippen molar-refractivity contribution >= 4 is 11.8 Å². The summed E-state index contributed by atoms with van der Waals surface area (Å²) in [5.41, 5.74) is 1.12. The quantitative estimate of drug-likeness (QED) is 0.473. The van der Waals surface area contributed by atoms with Gasteiger partial charge in [-0.25, -0.2) is 9.23 Å². The Kier molecular flexibility index (Phi) is 8.09. The molecular formula is C24H29FN2O5. The molecule has 0 saturated carbocycles. The van der Waals surface area contributed by atoms with E-state index >= 15 is 0 Å². The van der Waals surface area contributed by atoms with Crippen LogP contribution in [0, 0.1) is 11.7 Å². The van der Waals surface area contributed by atoms with Gasteiger partial charge in [0.05, 0.1) is 6.04 Å². The van der Waals surface area contributed by atoms with Crippen molar-refractivity contribution in [2.75, 3.05) is 13.9 Å². The molecule has 0 aromatic heterocycles. The first-order chi connectivity index (χ1) is 15.3. The molecule has 2 aromatic rings. The van der Waals surface area contributed by atoms with Crippen LogP contribution in [0.15, 0.2) is 54.6 Å². The maximum Gasteiger partial charge on any atom is 0.274 e. The molecule has 1 heterocycles. The lowest BCUT2D eigenvalue weighted by Crippen LogP contribution is -2.66. The molecule has 3 rings (SSSR count). The first-order valence-corrected chi connectivity index (χ1v) is 10.6. The monoisotopic (exact) mass is 444 g/mol. The van der Waals surface area contributed by atoms with Gasteiger partial charge in [0.15, 0.2) is 6.79 Å². The van der Waals surface area contributed by atoms with Gasteiger partial charge in [0.1, 0.15) is 18.0 Å². The van der Waals surface area contributed by atoms with Crippen molar-refractivity contribution in [1.82, 2.24) is 9.96 Å². The Hall–Kier alpha value is -2.65. The van der Waals surface area contributed by atoms with Crippen molar-refractivity contribution in [3.63, 3.8) is 0 Å². The maximum absolute atomic E-state index is 13.9.